The van der Waals surface area contributed by atoms with Crippen LogP contribution >= 0.6 is 11.3 Å². The van der Waals surface area contributed by atoms with Crippen molar-refractivity contribution in [1.82, 2.24) is 9.97 Å². The Morgan fingerprint density at radius 3 is 2.55 bits per heavy atom. The molecule has 1 aromatic carbocycles. The molecule has 0 bridgehead atoms. The van der Waals surface area contributed by atoms with Crippen LogP contribution < -0.4 is 5.32 Å². The van der Waals surface area contributed by atoms with Crippen LogP contribution in [0.3, 0.4) is 0 Å². The number of hydrogen-bond acceptors (Lipinski definition) is 4. The first kappa shape index (κ1) is 13.1. The van der Waals surface area contributed by atoms with E-state index in [0.717, 1.165) is 34.0 Å². The van der Waals surface area contributed by atoms with Crippen LogP contribution in [0.5, 0.6) is 0 Å². The Bertz CT molecular complexity index is 744. The van der Waals surface area contributed by atoms with Gasteiger partial charge in [-0.25, -0.2) is 9.97 Å². The van der Waals surface area contributed by atoms with E-state index in [0.29, 0.717) is 0 Å². The summed E-state index contributed by atoms with van der Waals surface area (Å²) in [4.78, 5) is 11.7. The van der Waals surface area contributed by atoms with Crippen molar-refractivity contribution < 1.29 is 0 Å². The van der Waals surface area contributed by atoms with Gasteiger partial charge >= 0.3 is 0 Å². The molecule has 0 saturated carbocycles. The Morgan fingerprint density at radius 1 is 1.10 bits per heavy atom. The second kappa shape index (κ2) is 5.21. The van der Waals surface area contributed by atoms with Crippen molar-refractivity contribution in [3.05, 3.63) is 40.8 Å². The highest BCUT2D eigenvalue weighted by atomic mass is 32.1. The SMILES string of the molecule is CCNc1nc(-c2ccc(C)cc2)nc2sc(C)cc12. The molecule has 3 rings (SSSR count). The first-order valence-electron chi connectivity index (χ1n) is 6.76. The second-order valence-electron chi connectivity index (χ2n) is 4.87. The van der Waals surface area contributed by atoms with Gasteiger partial charge in [0.2, 0.25) is 0 Å². The number of benzene rings is 1. The van der Waals surface area contributed by atoms with E-state index in [1.807, 2.05) is 0 Å². The number of fused-ring (bicyclic) bond motifs is 1. The lowest BCUT2D eigenvalue weighted by Crippen LogP contribution is -2.01. The standard InChI is InChI=1S/C16H17N3S/c1-4-17-15-13-9-11(3)20-16(13)19-14(18-15)12-7-5-10(2)6-8-12/h5-9H,4H2,1-3H3,(H,17,18,19). The van der Waals surface area contributed by atoms with E-state index in [4.69, 9.17) is 4.98 Å². The normalized spacial score (nSPS) is 10.9. The Morgan fingerprint density at radius 2 is 1.85 bits per heavy atom. The summed E-state index contributed by atoms with van der Waals surface area (Å²) in [6.07, 6.45) is 0. The maximum atomic E-state index is 4.71. The van der Waals surface area contributed by atoms with Crippen LogP contribution in [0.15, 0.2) is 30.3 Å². The number of nitrogens with zero attached hydrogens (tertiary/aromatic N) is 2. The van der Waals surface area contributed by atoms with Gasteiger partial charge in [0.05, 0.1) is 5.39 Å². The largest absolute Gasteiger partial charge is 0.370 e. The molecule has 0 unspecified atom stereocenters. The van der Waals surface area contributed by atoms with Gasteiger partial charge in [-0.1, -0.05) is 29.8 Å². The van der Waals surface area contributed by atoms with Crippen LogP contribution in [0.2, 0.25) is 0 Å². The molecule has 1 N–H and O–H groups in total. The molecule has 4 heteroatoms. The fourth-order valence-corrected chi connectivity index (χ4v) is 3.06. The minimum absolute atomic E-state index is 0.787. The van der Waals surface area contributed by atoms with Crippen molar-refractivity contribution in [1.29, 1.82) is 0 Å². The van der Waals surface area contributed by atoms with Crippen LogP contribution in [0, 0.1) is 13.8 Å². The molecule has 0 saturated heterocycles. The van der Waals surface area contributed by atoms with Crippen molar-refractivity contribution in [2.75, 3.05) is 11.9 Å². The van der Waals surface area contributed by atoms with Gasteiger partial charge in [-0.05, 0) is 26.8 Å². The van der Waals surface area contributed by atoms with Gasteiger partial charge in [0.15, 0.2) is 5.82 Å². The molecule has 0 aliphatic rings. The summed E-state index contributed by atoms with van der Waals surface area (Å²) in [7, 11) is 0. The lowest BCUT2D eigenvalue weighted by molar-refractivity contribution is 1.15. The predicted molar refractivity (Wildman–Crippen MR) is 86.5 cm³/mol. The van der Waals surface area contributed by atoms with Gasteiger partial charge in [-0.3, -0.25) is 0 Å². The maximum Gasteiger partial charge on any atom is 0.163 e. The lowest BCUT2D eigenvalue weighted by Gasteiger charge is -2.07. The minimum Gasteiger partial charge on any atom is -0.370 e. The molecule has 0 spiro atoms. The molecule has 0 radical (unpaired) electrons. The van der Waals surface area contributed by atoms with E-state index in [2.05, 4.69) is 61.4 Å². The summed E-state index contributed by atoms with van der Waals surface area (Å²) in [5.41, 5.74) is 2.30. The van der Waals surface area contributed by atoms with Crippen LogP contribution in [0.1, 0.15) is 17.4 Å². The molecular formula is C16H17N3S. The van der Waals surface area contributed by atoms with Crippen LogP contribution in [0.4, 0.5) is 5.82 Å². The van der Waals surface area contributed by atoms with Crippen molar-refractivity contribution in [3.8, 4) is 11.4 Å². The summed E-state index contributed by atoms with van der Waals surface area (Å²) in [6, 6.07) is 10.5. The summed E-state index contributed by atoms with van der Waals surface area (Å²) < 4.78 is 0. The molecule has 3 aromatic rings. The number of nitrogens with one attached hydrogen (secondary N) is 1. The van der Waals surface area contributed by atoms with E-state index < -0.39 is 0 Å². The highest BCUT2D eigenvalue weighted by Crippen LogP contribution is 2.30. The average molecular weight is 283 g/mol. The number of rotatable bonds is 3. The van der Waals surface area contributed by atoms with E-state index >= 15 is 0 Å². The molecule has 0 aliphatic carbocycles. The summed E-state index contributed by atoms with van der Waals surface area (Å²) in [6.45, 7) is 7.13. The predicted octanol–water partition coefficient (Wildman–Crippen LogP) is 4.41. The fraction of sp³-hybridized carbons (Fsp3) is 0.250. The molecule has 0 amide bonds. The molecule has 20 heavy (non-hydrogen) atoms. The highest BCUT2D eigenvalue weighted by molar-refractivity contribution is 7.18. The quantitative estimate of drug-likeness (QED) is 0.774. The molecule has 2 heterocycles. The van der Waals surface area contributed by atoms with E-state index in [9.17, 15) is 0 Å². The van der Waals surface area contributed by atoms with E-state index in [1.54, 1.807) is 11.3 Å². The van der Waals surface area contributed by atoms with E-state index in [-0.39, 0.29) is 0 Å². The summed E-state index contributed by atoms with van der Waals surface area (Å²) in [5, 5.41) is 4.46. The Labute approximate surface area is 122 Å². The second-order valence-corrected chi connectivity index (χ2v) is 6.10. The molecule has 2 aromatic heterocycles. The molecular weight excluding hydrogens is 266 g/mol. The Hall–Kier alpha value is -1.94. The topological polar surface area (TPSA) is 37.8 Å². The van der Waals surface area contributed by atoms with Gasteiger partial charge in [0.1, 0.15) is 10.6 Å². The molecule has 0 fully saturated rings. The highest BCUT2D eigenvalue weighted by Gasteiger charge is 2.11. The first-order chi connectivity index (χ1) is 9.67. The van der Waals surface area contributed by atoms with Crippen molar-refractivity contribution in [2.45, 2.75) is 20.8 Å². The number of aryl methyl sites for hydroxylation is 2. The average Bonchev–Trinajstić information content (AvgIpc) is 2.80. The zero-order valence-electron chi connectivity index (χ0n) is 11.9. The number of aromatic nitrogens is 2. The third kappa shape index (κ3) is 2.39. The molecule has 0 aliphatic heterocycles. The van der Waals surface area contributed by atoms with Crippen LogP contribution in [-0.2, 0) is 0 Å². The monoisotopic (exact) mass is 283 g/mol. The maximum absolute atomic E-state index is 4.71. The van der Waals surface area contributed by atoms with Gasteiger partial charge in [0, 0.05) is 17.0 Å². The molecule has 0 atom stereocenters. The first-order valence-corrected chi connectivity index (χ1v) is 7.58. The molecule has 102 valence electrons. The zero-order chi connectivity index (χ0) is 14.1. The number of thiophene rings is 1. The Kier molecular flexibility index (Phi) is 3.40. The fourth-order valence-electron chi connectivity index (χ4n) is 2.18. The zero-order valence-corrected chi connectivity index (χ0v) is 12.7. The number of hydrogen-bond donors (Lipinski definition) is 1. The van der Waals surface area contributed by atoms with Crippen molar-refractivity contribution in [2.24, 2.45) is 0 Å². The van der Waals surface area contributed by atoms with Gasteiger partial charge in [-0.15, -0.1) is 11.3 Å². The molecule has 3 nitrogen and oxygen atoms in total. The van der Waals surface area contributed by atoms with Crippen LogP contribution in [-0.4, -0.2) is 16.5 Å². The third-order valence-electron chi connectivity index (χ3n) is 3.17. The summed E-state index contributed by atoms with van der Waals surface area (Å²) >= 11 is 1.71. The minimum atomic E-state index is 0.787. The lowest BCUT2D eigenvalue weighted by atomic mass is 10.1. The number of anilines is 1. The van der Waals surface area contributed by atoms with E-state index in [1.165, 1.54) is 10.4 Å². The Balaban J connectivity index is 2.18. The van der Waals surface area contributed by atoms with Gasteiger partial charge in [-0.2, -0.15) is 0 Å². The van der Waals surface area contributed by atoms with Crippen molar-refractivity contribution >= 4 is 27.4 Å². The van der Waals surface area contributed by atoms with Gasteiger partial charge < -0.3 is 5.32 Å². The summed E-state index contributed by atoms with van der Waals surface area (Å²) in [5.74, 6) is 1.72. The third-order valence-corrected chi connectivity index (χ3v) is 4.11. The smallest absolute Gasteiger partial charge is 0.163 e. The van der Waals surface area contributed by atoms with Crippen molar-refractivity contribution in [3.63, 3.8) is 0 Å². The van der Waals surface area contributed by atoms with Crippen LogP contribution in [0.25, 0.3) is 21.6 Å². The van der Waals surface area contributed by atoms with Gasteiger partial charge in [0.25, 0.3) is 0 Å².